The predicted octanol–water partition coefficient (Wildman–Crippen LogP) is 1.15. The van der Waals surface area contributed by atoms with Crippen LogP contribution in [-0.4, -0.2) is 40.6 Å². The van der Waals surface area contributed by atoms with Crippen LogP contribution >= 0.6 is 0 Å². The second-order valence-electron chi connectivity index (χ2n) is 4.09. The van der Waals surface area contributed by atoms with E-state index in [9.17, 15) is 9.59 Å². The zero-order valence-electron chi connectivity index (χ0n) is 11.1. The smallest absolute Gasteiger partial charge is 0.358 e. The first-order chi connectivity index (χ1) is 9.56. The molecule has 2 heterocycles. The number of nitrogens with zero attached hydrogens (tertiary/aromatic N) is 2. The molecule has 1 N–H and O–H groups in total. The molecule has 0 aliphatic rings. The number of fused-ring (bicyclic) bond motifs is 1. The number of methoxy groups -OCH3 is 2. The molecule has 0 aliphatic heterocycles. The number of carboxylic acid groups (broad SMARTS) is 1. The van der Waals surface area contributed by atoms with Gasteiger partial charge in [0, 0.05) is 6.42 Å². The lowest BCUT2D eigenvalue weighted by Crippen LogP contribution is -2.03. The van der Waals surface area contributed by atoms with E-state index < -0.39 is 11.9 Å². The van der Waals surface area contributed by atoms with Crippen LogP contribution in [0.4, 0.5) is 0 Å². The van der Waals surface area contributed by atoms with Crippen molar-refractivity contribution in [2.24, 2.45) is 0 Å². The van der Waals surface area contributed by atoms with Crippen LogP contribution < -0.4 is 4.74 Å². The van der Waals surface area contributed by atoms with Crippen molar-refractivity contribution >= 4 is 17.5 Å². The summed E-state index contributed by atoms with van der Waals surface area (Å²) in [5.41, 5.74) is 0.716. The molecule has 0 bridgehead atoms. The van der Waals surface area contributed by atoms with Crippen LogP contribution in [-0.2, 0) is 16.0 Å². The Morgan fingerprint density at radius 1 is 1.35 bits per heavy atom. The third-order valence-electron chi connectivity index (χ3n) is 2.86. The van der Waals surface area contributed by atoms with Crippen molar-refractivity contribution < 1.29 is 24.2 Å². The van der Waals surface area contributed by atoms with Gasteiger partial charge in [0.15, 0.2) is 5.69 Å². The first kappa shape index (κ1) is 13.9. The third-order valence-corrected chi connectivity index (χ3v) is 2.86. The Balaban J connectivity index is 2.53. The molecule has 0 spiro atoms. The number of hydrogen-bond donors (Lipinski definition) is 1. The van der Waals surface area contributed by atoms with Crippen LogP contribution in [0.2, 0.25) is 0 Å². The molecule has 20 heavy (non-hydrogen) atoms. The summed E-state index contributed by atoms with van der Waals surface area (Å²) in [5.74, 6) is -0.428. The van der Waals surface area contributed by atoms with Crippen molar-refractivity contribution in [3.8, 4) is 5.75 Å². The number of aryl methyl sites for hydroxylation is 1. The highest BCUT2D eigenvalue weighted by molar-refractivity contribution is 5.95. The van der Waals surface area contributed by atoms with Crippen molar-refractivity contribution in [3.05, 3.63) is 29.8 Å². The van der Waals surface area contributed by atoms with Gasteiger partial charge in [-0.2, -0.15) is 0 Å². The summed E-state index contributed by atoms with van der Waals surface area (Å²) in [4.78, 5) is 26.5. The first-order valence-corrected chi connectivity index (χ1v) is 5.92. The molecule has 0 atom stereocenters. The fourth-order valence-electron chi connectivity index (χ4n) is 1.89. The lowest BCUT2D eigenvalue weighted by atomic mass is 10.3. The van der Waals surface area contributed by atoms with Crippen molar-refractivity contribution in [1.82, 2.24) is 9.38 Å². The van der Waals surface area contributed by atoms with Gasteiger partial charge in [-0.05, 0) is 12.1 Å². The summed E-state index contributed by atoms with van der Waals surface area (Å²) < 4.78 is 11.4. The monoisotopic (exact) mass is 278 g/mol. The van der Waals surface area contributed by atoms with Gasteiger partial charge in [-0.3, -0.25) is 9.20 Å². The molecule has 0 saturated carbocycles. The number of pyridine rings is 1. The van der Waals surface area contributed by atoms with E-state index in [-0.39, 0.29) is 18.5 Å². The van der Waals surface area contributed by atoms with Crippen molar-refractivity contribution in [2.75, 3.05) is 14.2 Å². The van der Waals surface area contributed by atoms with E-state index in [0.29, 0.717) is 17.1 Å². The lowest BCUT2D eigenvalue weighted by Gasteiger charge is -2.03. The van der Waals surface area contributed by atoms with E-state index >= 15 is 0 Å². The van der Waals surface area contributed by atoms with Gasteiger partial charge in [0.25, 0.3) is 0 Å². The highest BCUT2D eigenvalue weighted by atomic mass is 16.5. The number of carbonyl (C=O) groups is 2. The fraction of sp³-hybridized carbons (Fsp3) is 0.308. The zero-order chi connectivity index (χ0) is 14.7. The minimum Gasteiger partial charge on any atom is -0.495 e. The number of esters is 1. The molecule has 7 heteroatoms. The van der Waals surface area contributed by atoms with Gasteiger partial charge in [-0.25, -0.2) is 9.78 Å². The van der Waals surface area contributed by atoms with Gasteiger partial charge in [0.05, 0.1) is 32.4 Å². The van der Waals surface area contributed by atoms with Crippen molar-refractivity contribution in [3.63, 3.8) is 0 Å². The second kappa shape index (κ2) is 5.60. The van der Waals surface area contributed by atoms with E-state index in [2.05, 4.69) is 9.72 Å². The Kier molecular flexibility index (Phi) is 3.88. The van der Waals surface area contributed by atoms with E-state index in [4.69, 9.17) is 9.84 Å². The third kappa shape index (κ3) is 2.56. The van der Waals surface area contributed by atoms with Crippen LogP contribution in [0.3, 0.4) is 0 Å². The van der Waals surface area contributed by atoms with Crippen LogP contribution in [0.15, 0.2) is 18.3 Å². The number of carboxylic acids is 1. The van der Waals surface area contributed by atoms with Gasteiger partial charge in [-0.15, -0.1) is 0 Å². The van der Waals surface area contributed by atoms with Gasteiger partial charge in [0.2, 0.25) is 0 Å². The molecule has 2 rings (SSSR count). The van der Waals surface area contributed by atoms with Crippen LogP contribution in [0.25, 0.3) is 5.52 Å². The highest BCUT2D eigenvalue weighted by Gasteiger charge is 2.18. The summed E-state index contributed by atoms with van der Waals surface area (Å²) in [5, 5.41) is 8.76. The molecule has 0 amide bonds. The average molecular weight is 278 g/mol. The van der Waals surface area contributed by atoms with Crippen LogP contribution in [0.5, 0.6) is 5.75 Å². The van der Waals surface area contributed by atoms with Gasteiger partial charge < -0.3 is 14.6 Å². The summed E-state index contributed by atoms with van der Waals surface area (Å²) >= 11 is 0. The number of rotatable bonds is 5. The maximum Gasteiger partial charge on any atom is 0.358 e. The van der Waals surface area contributed by atoms with Crippen molar-refractivity contribution in [1.29, 1.82) is 0 Å². The first-order valence-electron chi connectivity index (χ1n) is 5.92. The zero-order valence-corrected chi connectivity index (χ0v) is 11.1. The van der Waals surface area contributed by atoms with Gasteiger partial charge in [0.1, 0.15) is 11.6 Å². The maximum absolute atomic E-state index is 11.7. The predicted molar refractivity (Wildman–Crippen MR) is 69.0 cm³/mol. The minimum absolute atomic E-state index is 0.0725. The Hall–Kier alpha value is -2.57. The standard InChI is InChI=1S/C13H14N2O5/c1-19-8-3-4-9-12(13(18)20-2)14-10(15(9)7-8)5-6-11(16)17/h3-4,7H,5-6H2,1-2H3,(H,16,17). The summed E-state index contributed by atoms with van der Waals surface area (Å²) in [6, 6.07) is 3.38. The molecule has 0 saturated heterocycles. The number of aromatic nitrogens is 2. The maximum atomic E-state index is 11.7. The lowest BCUT2D eigenvalue weighted by molar-refractivity contribution is -0.137. The fourth-order valence-corrected chi connectivity index (χ4v) is 1.89. The molecule has 0 fully saturated rings. The Labute approximate surface area is 114 Å². The molecule has 2 aromatic rings. The Morgan fingerprint density at radius 2 is 2.10 bits per heavy atom. The summed E-state index contributed by atoms with van der Waals surface area (Å²) in [6.07, 6.45) is 1.80. The molecular weight excluding hydrogens is 264 g/mol. The minimum atomic E-state index is -0.927. The molecule has 0 radical (unpaired) electrons. The Morgan fingerprint density at radius 3 is 2.70 bits per heavy atom. The van der Waals surface area contributed by atoms with Crippen LogP contribution in [0, 0.1) is 0 Å². The molecule has 0 unspecified atom stereocenters. The average Bonchev–Trinajstić information content (AvgIpc) is 2.82. The molecule has 7 nitrogen and oxygen atoms in total. The topological polar surface area (TPSA) is 90.1 Å². The molecule has 0 aromatic carbocycles. The van der Waals surface area contributed by atoms with Gasteiger partial charge in [-0.1, -0.05) is 0 Å². The highest BCUT2D eigenvalue weighted by Crippen LogP contribution is 2.20. The van der Waals surface area contributed by atoms with E-state index in [1.807, 2.05) is 0 Å². The molecule has 106 valence electrons. The molecule has 2 aromatic heterocycles. The quantitative estimate of drug-likeness (QED) is 0.825. The van der Waals surface area contributed by atoms with E-state index in [1.165, 1.54) is 14.2 Å². The number of carbonyl (C=O) groups excluding carboxylic acids is 1. The van der Waals surface area contributed by atoms with Crippen LogP contribution in [0.1, 0.15) is 22.7 Å². The van der Waals surface area contributed by atoms with Crippen molar-refractivity contribution in [2.45, 2.75) is 12.8 Å². The molecular formula is C13H14N2O5. The SMILES string of the molecule is COC(=O)c1nc(CCC(=O)O)n2cc(OC)ccc12. The summed E-state index contributed by atoms with van der Waals surface area (Å²) in [7, 11) is 2.80. The number of hydrogen-bond acceptors (Lipinski definition) is 5. The largest absolute Gasteiger partial charge is 0.495 e. The number of ether oxygens (including phenoxy) is 2. The Bertz CT molecular complexity index is 662. The van der Waals surface area contributed by atoms with E-state index in [1.54, 1.807) is 22.7 Å². The normalized spacial score (nSPS) is 10.5. The molecule has 0 aliphatic carbocycles. The van der Waals surface area contributed by atoms with E-state index in [0.717, 1.165) is 0 Å². The van der Waals surface area contributed by atoms with Gasteiger partial charge >= 0.3 is 11.9 Å². The number of aliphatic carboxylic acids is 1. The second-order valence-corrected chi connectivity index (χ2v) is 4.09. The summed E-state index contributed by atoms with van der Waals surface area (Å²) in [6.45, 7) is 0. The number of imidazole rings is 1.